The lowest BCUT2D eigenvalue weighted by molar-refractivity contribution is -0.179. The number of hydrogen-bond donors (Lipinski definition) is 0. The van der Waals surface area contributed by atoms with E-state index < -0.39 is 5.60 Å². The summed E-state index contributed by atoms with van der Waals surface area (Å²) >= 11 is 0. The predicted octanol–water partition coefficient (Wildman–Crippen LogP) is 5.45. The molecule has 4 saturated carbocycles. The van der Waals surface area contributed by atoms with Gasteiger partial charge in [0.1, 0.15) is 11.7 Å². The molecule has 4 aliphatic carbocycles. The van der Waals surface area contributed by atoms with Crippen molar-refractivity contribution in [3.8, 4) is 0 Å². The van der Waals surface area contributed by atoms with Gasteiger partial charge in [0.2, 0.25) is 0 Å². The number of rotatable bonds is 3. The molecule has 4 rings (SSSR count). The van der Waals surface area contributed by atoms with Crippen LogP contribution in [0.15, 0.2) is 12.7 Å². The van der Waals surface area contributed by atoms with E-state index in [9.17, 15) is 9.59 Å². The standard InChI is InChI=1S/C25H38O4/c1-6-25(29-17(3)27)14-11-22-20-8-7-18-15-19(28-16(2)26)9-12-23(18,4)21(20)10-13-24(22,25)5/h6,18-22H,1,7-15H2,2-5H3/t18?,19-,20+,21-,22-,23-,24-,25?/m0/s1. The lowest BCUT2D eigenvalue weighted by Crippen LogP contribution is -2.57. The lowest BCUT2D eigenvalue weighted by Gasteiger charge is -2.61. The fourth-order valence-corrected chi connectivity index (χ4v) is 8.40. The summed E-state index contributed by atoms with van der Waals surface area (Å²) in [7, 11) is 0. The quantitative estimate of drug-likeness (QED) is 0.465. The Morgan fingerprint density at radius 2 is 1.66 bits per heavy atom. The number of carbonyl (C=O) groups is 2. The third kappa shape index (κ3) is 3.08. The minimum absolute atomic E-state index is 0.000271. The zero-order valence-corrected chi connectivity index (χ0v) is 18.7. The lowest BCUT2D eigenvalue weighted by atomic mass is 9.44. The molecule has 162 valence electrons. The Morgan fingerprint density at radius 1 is 0.931 bits per heavy atom. The first kappa shape index (κ1) is 20.9. The van der Waals surface area contributed by atoms with Gasteiger partial charge >= 0.3 is 11.9 Å². The summed E-state index contributed by atoms with van der Waals surface area (Å²) in [6.45, 7) is 12.0. The highest BCUT2D eigenvalue weighted by molar-refractivity contribution is 5.67. The molecule has 8 atom stereocenters. The molecular formula is C25H38O4. The van der Waals surface area contributed by atoms with Crippen molar-refractivity contribution >= 4 is 11.9 Å². The average Bonchev–Trinajstić information content (AvgIpc) is 2.94. The fourth-order valence-electron chi connectivity index (χ4n) is 8.40. The van der Waals surface area contributed by atoms with Crippen molar-refractivity contribution in [1.82, 2.24) is 0 Å². The van der Waals surface area contributed by atoms with Crippen LogP contribution in [0.3, 0.4) is 0 Å². The van der Waals surface area contributed by atoms with Gasteiger partial charge in [0.05, 0.1) is 0 Å². The Balaban J connectivity index is 1.56. The van der Waals surface area contributed by atoms with Crippen LogP contribution in [-0.2, 0) is 19.1 Å². The summed E-state index contributed by atoms with van der Waals surface area (Å²) in [6, 6.07) is 0. The van der Waals surface area contributed by atoms with E-state index in [0.29, 0.717) is 23.2 Å². The van der Waals surface area contributed by atoms with Crippen molar-refractivity contribution in [2.75, 3.05) is 0 Å². The van der Waals surface area contributed by atoms with Crippen molar-refractivity contribution in [1.29, 1.82) is 0 Å². The van der Waals surface area contributed by atoms with Gasteiger partial charge < -0.3 is 9.47 Å². The highest BCUT2D eigenvalue weighted by atomic mass is 16.6. The summed E-state index contributed by atoms with van der Waals surface area (Å²) in [4.78, 5) is 23.3. The van der Waals surface area contributed by atoms with Gasteiger partial charge in [-0.3, -0.25) is 9.59 Å². The van der Waals surface area contributed by atoms with Gasteiger partial charge in [0, 0.05) is 19.3 Å². The molecule has 2 unspecified atom stereocenters. The van der Waals surface area contributed by atoms with Gasteiger partial charge in [-0.05, 0) is 93.0 Å². The highest BCUT2D eigenvalue weighted by Crippen LogP contribution is 2.69. The molecular weight excluding hydrogens is 364 g/mol. The van der Waals surface area contributed by atoms with Crippen molar-refractivity contribution in [3.63, 3.8) is 0 Å². The third-order valence-electron chi connectivity index (χ3n) is 9.79. The van der Waals surface area contributed by atoms with E-state index in [1.165, 1.54) is 33.1 Å². The average molecular weight is 403 g/mol. The van der Waals surface area contributed by atoms with E-state index in [0.717, 1.165) is 44.4 Å². The Hall–Kier alpha value is -1.32. The molecule has 4 aliphatic rings. The number of esters is 2. The first-order valence-corrected chi connectivity index (χ1v) is 11.7. The van der Waals surface area contributed by atoms with Crippen molar-refractivity contribution in [2.45, 2.75) is 97.2 Å². The molecule has 0 aromatic carbocycles. The molecule has 0 aromatic rings. The van der Waals surface area contributed by atoms with E-state index in [1.807, 2.05) is 6.08 Å². The molecule has 0 aliphatic heterocycles. The second-order valence-electron chi connectivity index (χ2n) is 10.8. The van der Waals surface area contributed by atoms with Crippen LogP contribution >= 0.6 is 0 Å². The smallest absolute Gasteiger partial charge is 0.303 e. The third-order valence-corrected chi connectivity index (χ3v) is 9.79. The molecule has 4 nitrogen and oxygen atoms in total. The fraction of sp³-hybridized carbons (Fsp3) is 0.840. The highest BCUT2D eigenvalue weighted by Gasteiger charge is 2.65. The van der Waals surface area contributed by atoms with Gasteiger partial charge in [0.15, 0.2) is 0 Å². The van der Waals surface area contributed by atoms with Crippen molar-refractivity contribution < 1.29 is 19.1 Å². The van der Waals surface area contributed by atoms with Crippen LogP contribution < -0.4 is 0 Å². The van der Waals surface area contributed by atoms with Gasteiger partial charge in [0.25, 0.3) is 0 Å². The minimum Gasteiger partial charge on any atom is -0.463 e. The second kappa shape index (κ2) is 7.13. The van der Waals surface area contributed by atoms with Crippen LogP contribution in [0.2, 0.25) is 0 Å². The predicted molar refractivity (Wildman–Crippen MR) is 112 cm³/mol. The SMILES string of the molecule is C=CC1(OC(C)=O)CC[C@H]2[C@@H]3CCC4C[C@@H](OC(C)=O)CC[C@]4(C)[C@H]3CC[C@@]21C. The number of carbonyl (C=O) groups excluding carboxylic acids is 2. The largest absolute Gasteiger partial charge is 0.463 e. The van der Waals surface area contributed by atoms with Crippen LogP contribution in [0, 0.1) is 34.5 Å². The van der Waals surface area contributed by atoms with Crippen LogP contribution in [0.4, 0.5) is 0 Å². The molecule has 0 aromatic heterocycles. The summed E-state index contributed by atoms with van der Waals surface area (Å²) in [6.07, 6.45) is 12.1. The Bertz CT molecular complexity index is 701. The zero-order chi connectivity index (χ0) is 21.0. The van der Waals surface area contributed by atoms with E-state index in [-0.39, 0.29) is 23.5 Å². The molecule has 4 fully saturated rings. The van der Waals surface area contributed by atoms with Crippen LogP contribution in [0.25, 0.3) is 0 Å². The molecule has 0 N–H and O–H groups in total. The molecule has 4 heteroatoms. The summed E-state index contributed by atoms with van der Waals surface area (Å²) in [5.74, 6) is 2.37. The second-order valence-corrected chi connectivity index (χ2v) is 10.8. The maximum Gasteiger partial charge on any atom is 0.303 e. The van der Waals surface area contributed by atoms with Gasteiger partial charge in [-0.15, -0.1) is 0 Å². The van der Waals surface area contributed by atoms with E-state index in [4.69, 9.17) is 9.47 Å². The van der Waals surface area contributed by atoms with Gasteiger partial charge in [-0.25, -0.2) is 0 Å². The summed E-state index contributed by atoms with van der Waals surface area (Å²) < 4.78 is 11.6. The normalized spacial score (nSPS) is 48.6. The molecule has 0 spiro atoms. The van der Waals surface area contributed by atoms with E-state index >= 15 is 0 Å². The minimum atomic E-state index is -0.501. The Labute approximate surface area is 175 Å². The maximum absolute atomic E-state index is 11.9. The first-order chi connectivity index (χ1) is 13.6. The van der Waals surface area contributed by atoms with E-state index in [2.05, 4.69) is 20.4 Å². The van der Waals surface area contributed by atoms with E-state index in [1.54, 1.807) is 0 Å². The molecule has 0 saturated heterocycles. The van der Waals surface area contributed by atoms with Crippen LogP contribution in [0.1, 0.15) is 85.5 Å². The maximum atomic E-state index is 11.9. The molecule has 29 heavy (non-hydrogen) atoms. The van der Waals surface area contributed by atoms with Gasteiger partial charge in [-0.2, -0.15) is 0 Å². The first-order valence-electron chi connectivity index (χ1n) is 11.7. The summed E-state index contributed by atoms with van der Waals surface area (Å²) in [5.41, 5.74) is -0.152. The zero-order valence-electron chi connectivity index (χ0n) is 18.7. The molecule has 0 amide bonds. The number of hydrogen-bond acceptors (Lipinski definition) is 4. The Kier molecular flexibility index (Phi) is 5.15. The van der Waals surface area contributed by atoms with Gasteiger partial charge in [-0.1, -0.05) is 20.4 Å². The van der Waals surface area contributed by atoms with Crippen LogP contribution in [-0.4, -0.2) is 23.6 Å². The number of fused-ring (bicyclic) bond motifs is 5. The summed E-state index contributed by atoms with van der Waals surface area (Å²) in [5, 5.41) is 0. The molecule has 0 heterocycles. The van der Waals surface area contributed by atoms with Crippen molar-refractivity contribution in [2.24, 2.45) is 34.5 Å². The topological polar surface area (TPSA) is 52.6 Å². The molecule has 0 radical (unpaired) electrons. The Morgan fingerprint density at radius 3 is 2.31 bits per heavy atom. The van der Waals surface area contributed by atoms with Crippen molar-refractivity contribution in [3.05, 3.63) is 12.7 Å². The molecule has 0 bridgehead atoms. The monoisotopic (exact) mass is 402 g/mol. The number of ether oxygens (including phenoxy) is 2. The van der Waals surface area contributed by atoms with Crippen LogP contribution in [0.5, 0.6) is 0 Å².